The van der Waals surface area contributed by atoms with Crippen molar-refractivity contribution in [1.82, 2.24) is 20.5 Å². The van der Waals surface area contributed by atoms with Gasteiger partial charge in [0.15, 0.2) is 5.96 Å². The van der Waals surface area contributed by atoms with E-state index in [0.29, 0.717) is 0 Å². The first-order chi connectivity index (χ1) is 14.1. The highest BCUT2D eigenvalue weighted by molar-refractivity contribution is 7.09. The molecule has 0 aliphatic carbocycles. The Bertz CT molecular complexity index is 807. The van der Waals surface area contributed by atoms with E-state index in [1.54, 1.807) is 11.3 Å². The van der Waals surface area contributed by atoms with E-state index in [-0.39, 0.29) is 0 Å². The van der Waals surface area contributed by atoms with Crippen molar-refractivity contribution in [3.63, 3.8) is 0 Å². The van der Waals surface area contributed by atoms with Crippen molar-refractivity contribution >= 4 is 23.0 Å². The third-order valence-corrected chi connectivity index (χ3v) is 6.40. The lowest BCUT2D eigenvalue weighted by Crippen LogP contribution is -2.49. The summed E-state index contributed by atoms with van der Waals surface area (Å²) in [6.45, 7) is 13.6. The Labute approximate surface area is 179 Å². The molecule has 1 saturated heterocycles. The van der Waals surface area contributed by atoms with E-state index in [4.69, 9.17) is 0 Å². The Morgan fingerprint density at radius 2 is 1.86 bits per heavy atom. The monoisotopic (exact) mass is 414 g/mol. The van der Waals surface area contributed by atoms with Crippen LogP contribution in [0, 0.1) is 20.8 Å². The summed E-state index contributed by atoms with van der Waals surface area (Å²) >= 11 is 1.70. The number of nitrogens with zero attached hydrogens (tertiary/aromatic N) is 4. The van der Waals surface area contributed by atoms with Crippen LogP contribution in [0.15, 0.2) is 28.6 Å². The summed E-state index contributed by atoms with van der Waals surface area (Å²) in [7, 11) is 1.82. The van der Waals surface area contributed by atoms with Crippen LogP contribution in [0.2, 0.25) is 0 Å². The Morgan fingerprint density at radius 3 is 2.55 bits per heavy atom. The van der Waals surface area contributed by atoms with Crippen LogP contribution in [-0.2, 0) is 6.42 Å². The van der Waals surface area contributed by atoms with Gasteiger partial charge >= 0.3 is 0 Å². The van der Waals surface area contributed by atoms with E-state index >= 15 is 0 Å². The lowest BCUT2D eigenvalue weighted by molar-refractivity contribution is 0.261. The zero-order valence-electron chi connectivity index (χ0n) is 18.2. The van der Waals surface area contributed by atoms with Gasteiger partial charge in [0.1, 0.15) is 0 Å². The Kier molecular flexibility index (Phi) is 7.89. The van der Waals surface area contributed by atoms with Crippen molar-refractivity contribution in [3.05, 3.63) is 45.4 Å². The fourth-order valence-corrected chi connectivity index (χ4v) is 4.32. The average Bonchev–Trinajstić information content (AvgIpc) is 3.14. The molecule has 1 aromatic heterocycles. The van der Waals surface area contributed by atoms with Crippen LogP contribution in [-0.4, -0.2) is 68.7 Å². The zero-order chi connectivity index (χ0) is 20.6. The van der Waals surface area contributed by atoms with Crippen LogP contribution in [0.4, 0.5) is 5.69 Å². The second kappa shape index (κ2) is 10.6. The topological polar surface area (TPSA) is 55.8 Å². The molecule has 0 unspecified atom stereocenters. The first kappa shape index (κ1) is 21.6. The minimum Gasteiger partial charge on any atom is -0.369 e. The molecule has 6 nitrogen and oxygen atoms in total. The van der Waals surface area contributed by atoms with Crippen molar-refractivity contribution in [3.8, 4) is 0 Å². The fraction of sp³-hybridized carbons (Fsp3) is 0.545. The number of piperazine rings is 1. The number of hydrogen-bond acceptors (Lipinski definition) is 5. The molecule has 158 valence electrons. The molecule has 0 bridgehead atoms. The van der Waals surface area contributed by atoms with Gasteiger partial charge in [-0.3, -0.25) is 9.89 Å². The van der Waals surface area contributed by atoms with E-state index < -0.39 is 0 Å². The first-order valence-corrected chi connectivity index (χ1v) is 11.3. The van der Waals surface area contributed by atoms with Crippen molar-refractivity contribution in [2.75, 3.05) is 57.8 Å². The van der Waals surface area contributed by atoms with Gasteiger partial charge in [-0.05, 0) is 38.0 Å². The van der Waals surface area contributed by atoms with Crippen LogP contribution < -0.4 is 15.5 Å². The summed E-state index contributed by atoms with van der Waals surface area (Å²) in [6.07, 6.45) is 0.922. The number of anilines is 1. The fourth-order valence-electron chi connectivity index (χ4n) is 3.68. The number of nitrogens with one attached hydrogen (secondary N) is 2. The number of aryl methyl sites for hydroxylation is 2. The number of aromatic nitrogens is 1. The number of benzene rings is 1. The third kappa shape index (κ3) is 6.18. The predicted octanol–water partition coefficient (Wildman–Crippen LogP) is 2.60. The highest BCUT2D eigenvalue weighted by Crippen LogP contribution is 2.23. The van der Waals surface area contributed by atoms with Crippen molar-refractivity contribution in [2.24, 2.45) is 4.99 Å². The van der Waals surface area contributed by atoms with E-state index in [1.807, 2.05) is 14.0 Å². The van der Waals surface area contributed by atoms with E-state index in [1.165, 1.54) is 16.8 Å². The Balaban J connectivity index is 1.34. The highest BCUT2D eigenvalue weighted by Gasteiger charge is 2.18. The van der Waals surface area contributed by atoms with E-state index in [2.05, 4.69) is 67.8 Å². The number of hydrogen-bond donors (Lipinski definition) is 2. The molecular formula is C22H34N6S. The average molecular weight is 415 g/mol. The Morgan fingerprint density at radius 1 is 1.10 bits per heavy atom. The molecule has 2 heterocycles. The van der Waals surface area contributed by atoms with Gasteiger partial charge in [0, 0.05) is 70.3 Å². The van der Waals surface area contributed by atoms with Gasteiger partial charge in [-0.1, -0.05) is 12.1 Å². The lowest BCUT2D eigenvalue weighted by atomic mass is 10.1. The molecule has 2 aromatic rings. The molecule has 1 aliphatic rings. The summed E-state index contributed by atoms with van der Waals surface area (Å²) in [6, 6.07) is 6.61. The summed E-state index contributed by atoms with van der Waals surface area (Å²) < 4.78 is 0. The van der Waals surface area contributed by atoms with Crippen LogP contribution >= 0.6 is 11.3 Å². The SMILES string of the molecule is CN=C(NCCc1csc(C)n1)NCCN1CCN(c2cccc(C)c2C)CC1. The predicted molar refractivity (Wildman–Crippen MR) is 124 cm³/mol. The molecule has 1 aromatic carbocycles. The zero-order valence-corrected chi connectivity index (χ0v) is 19.0. The summed E-state index contributed by atoms with van der Waals surface area (Å²) in [5.74, 6) is 0.867. The quantitative estimate of drug-likeness (QED) is 0.539. The van der Waals surface area contributed by atoms with Crippen LogP contribution in [0.5, 0.6) is 0 Å². The van der Waals surface area contributed by atoms with Crippen LogP contribution in [0.1, 0.15) is 21.8 Å². The molecule has 7 heteroatoms. The minimum atomic E-state index is 0.845. The summed E-state index contributed by atoms with van der Waals surface area (Å²) in [5.41, 5.74) is 5.32. The molecule has 0 saturated carbocycles. The number of guanidine groups is 1. The molecule has 0 atom stereocenters. The Hall–Kier alpha value is -2.12. The van der Waals surface area contributed by atoms with Crippen LogP contribution in [0.3, 0.4) is 0 Å². The summed E-state index contributed by atoms with van der Waals surface area (Å²) in [5, 5.41) is 10.1. The van der Waals surface area contributed by atoms with Crippen LogP contribution in [0.25, 0.3) is 0 Å². The molecule has 2 N–H and O–H groups in total. The molecule has 1 fully saturated rings. The second-order valence-electron chi connectivity index (χ2n) is 7.58. The molecule has 3 rings (SSSR count). The van der Waals surface area contributed by atoms with Gasteiger partial charge in [-0.25, -0.2) is 4.98 Å². The smallest absolute Gasteiger partial charge is 0.191 e. The number of thiazole rings is 1. The van der Waals surface area contributed by atoms with Gasteiger partial charge in [-0.15, -0.1) is 11.3 Å². The highest BCUT2D eigenvalue weighted by atomic mass is 32.1. The number of aliphatic imine (C=N–C) groups is 1. The minimum absolute atomic E-state index is 0.845. The maximum absolute atomic E-state index is 4.50. The molecule has 1 aliphatic heterocycles. The van der Waals surface area contributed by atoms with Gasteiger partial charge in [-0.2, -0.15) is 0 Å². The molecule has 0 spiro atoms. The van der Waals surface area contributed by atoms with Gasteiger partial charge in [0.05, 0.1) is 10.7 Å². The third-order valence-electron chi connectivity index (χ3n) is 5.57. The van der Waals surface area contributed by atoms with Gasteiger partial charge < -0.3 is 15.5 Å². The van der Waals surface area contributed by atoms with E-state index in [9.17, 15) is 0 Å². The van der Waals surface area contributed by atoms with Crippen molar-refractivity contribution in [1.29, 1.82) is 0 Å². The largest absolute Gasteiger partial charge is 0.369 e. The molecular weight excluding hydrogens is 380 g/mol. The van der Waals surface area contributed by atoms with E-state index in [0.717, 1.165) is 68.9 Å². The van der Waals surface area contributed by atoms with Crippen molar-refractivity contribution in [2.45, 2.75) is 27.2 Å². The lowest BCUT2D eigenvalue weighted by Gasteiger charge is -2.37. The molecule has 0 amide bonds. The second-order valence-corrected chi connectivity index (χ2v) is 8.64. The van der Waals surface area contributed by atoms with Crippen molar-refractivity contribution < 1.29 is 0 Å². The first-order valence-electron chi connectivity index (χ1n) is 10.5. The van der Waals surface area contributed by atoms with Gasteiger partial charge in [0.25, 0.3) is 0 Å². The normalized spacial score (nSPS) is 15.6. The van der Waals surface area contributed by atoms with Gasteiger partial charge in [0.2, 0.25) is 0 Å². The molecule has 0 radical (unpaired) electrons. The summed E-state index contributed by atoms with van der Waals surface area (Å²) in [4.78, 5) is 13.9. The standard InChI is InChI=1S/C22H34N6S/c1-17-6-5-7-21(18(17)2)28-14-12-27(13-15-28)11-10-25-22(23-4)24-9-8-20-16-29-19(3)26-20/h5-7,16H,8-15H2,1-4H3,(H2,23,24,25). The molecule has 29 heavy (non-hydrogen) atoms. The maximum Gasteiger partial charge on any atom is 0.191 e. The maximum atomic E-state index is 4.50. The number of rotatable bonds is 7.